The van der Waals surface area contributed by atoms with E-state index in [2.05, 4.69) is 10.2 Å². The van der Waals surface area contributed by atoms with E-state index in [1.807, 2.05) is 6.07 Å². The molecule has 0 bridgehead atoms. The van der Waals surface area contributed by atoms with Crippen molar-refractivity contribution in [1.82, 2.24) is 20.0 Å². The van der Waals surface area contributed by atoms with E-state index < -0.39 is 34.7 Å². The quantitative estimate of drug-likeness (QED) is 0.514. The van der Waals surface area contributed by atoms with Crippen LogP contribution in [0.3, 0.4) is 0 Å². The highest BCUT2D eigenvalue weighted by Crippen LogP contribution is 2.53. The van der Waals surface area contributed by atoms with Gasteiger partial charge in [-0.3, -0.25) is 29.4 Å². The molecule has 4 aliphatic heterocycles. The van der Waals surface area contributed by atoms with E-state index >= 15 is 0 Å². The number of aliphatic hydroxyl groups is 1. The van der Waals surface area contributed by atoms with Crippen molar-refractivity contribution in [2.45, 2.75) is 69.9 Å². The van der Waals surface area contributed by atoms with Crippen LogP contribution in [0.1, 0.15) is 71.6 Å². The van der Waals surface area contributed by atoms with E-state index in [-0.39, 0.29) is 37.1 Å². The van der Waals surface area contributed by atoms with Crippen LogP contribution in [-0.4, -0.2) is 75.7 Å². The fourth-order valence-corrected chi connectivity index (χ4v) is 7.52. The maximum absolute atomic E-state index is 13.3. The number of alkyl halides is 3. The van der Waals surface area contributed by atoms with Crippen LogP contribution >= 0.6 is 0 Å². The molecule has 4 amide bonds. The molecule has 1 spiro atoms. The minimum atomic E-state index is -4.41. The molecule has 0 aromatic heterocycles. The predicted octanol–water partition coefficient (Wildman–Crippen LogP) is 3.19. The van der Waals surface area contributed by atoms with E-state index in [4.69, 9.17) is 0 Å². The van der Waals surface area contributed by atoms with Crippen molar-refractivity contribution in [3.63, 3.8) is 0 Å². The van der Waals surface area contributed by atoms with Gasteiger partial charge in [-0.2, -0.15) is 13.2 Å². The summed E-state index contributed by atoms with van der Waals surface area (Å²) >= 11 is 0. The Labute approximate surface area is 253 Å². The van der Waals surface area contributed by atoms with Gasteiger partial charge in [0, 0.05) is 63.6 Å². The number of nitrogens with zero attached hydrogens (tertiary/aromatic N) is 3. The lowest BCUT2D eigenvalue weighted by Gasteiger charge is -2.57. The first-order valence-electron chi connectivity index (χ1n) is 14.9. The Kier molecular flexibility index (Phi) is 7.56. The number of benzene rings is 2. The van der Waals surface area contributed by atoms with Gasteiger partial charge in [-0.25, -0.2) is 0 Å². The third-order valence-electron chi connectivity index (χ3n) is 10.0. The SMILES string of the molecule is CC(=O)N1CCC2(CC1)CN(Cc1ccc(C(F)(F)F)cc1)CCC2(O)c1ccc2c(c1)CN(C1CCC(=O)NC1=O)C2=O. The third kappa shape index (κ3) is 5.27. The molecular weight excluding hydrogens is 577 g/mol. The maximum Gasteiger partial charge on any atom is 0.416 e. The van der Waals surface area contributed by atoms with Crippen molar-refractivity contribution in [3.05, 3.63) is 70.3 Å². The Bertz CT molecular complexity index is 1500. The lowest BCUT2D eigenvalue weighted by atomic mass is 9.59. The molecule has 0 radical (unpaired) electrons. The van der Waals surface area contributed by atoms with E-state index in [0.29, 0.717) is 68.7 Å². The van der Waals surface area contributed by atoms with Gasteiger partial charge in [0.25, 0.3) is 5.91 Å². The van der Waals surface area contributed by atoms with Gasteiger partial charge in [0.15, 0.2) is 0 Å². The fourth-order valence-electron chi connectivity index (χ4n) is 7.52. The van der Waals surface area contributed by atoms with Crippen molar-refractivity contribution in [2.75, 3.05) is 26.2 Å². The highest BCUT2D eigenvalue weighted by molar-refractivity contribution is 6.05. The maximum atomic E-state index is 13.3. The molecule has 44 heavy (non-hydrogen) atoms. The Hall–Kier alpha value is -3.77. The number of carbonyl (C=O) groups is 4. The second-order valence-corrected chi connectivity index (χ2v) is 12.6. The topological polar surface area (TPSA) is 110 Å². The number of imide groups is 1. The first-order chi connectivity index (χ1) is 20.8. The summed E-state index contributed by atoms with van der Waals surface area (Å²) in [5.74, 6) is -1.17. The number of nitrogens with one attached hydrogen (secondary N) is 1. The Morgan fingerprint density at radius 3 is 2.36 bits per heavy atom. The minimum Gasteiger partial charge on any atom is -0.384 e. The lowest BCUT2D eigenvalue weighted by molar-refractivity contribution is -0.170. The summed E-state index contributed by atoms with van der Waals surface area (Å²) < 4.78 is 39.3. The average Bonchev–Trinajstić information content (AvgIpc) is 3.30. The van der Waals surface area contributed by atoms with E-state index in [0.717, 1.165) is 17.7 Å². The van der Waals surface area contributed by atoms with Crippen LogP contribution in [-0.2, 0) is 39.3 Å². The van der Waals surface area contributed by atoms with E-state index in [1.165, 1.54) is 24.0 Å². The monoisotopic (exact) mass is 612 g/mol. The molecule has 2 atom stereocenters. The molecular formula is C32H35F3N4O5. The van der Waals surface area contributed by atoms with Crippen LogP contribution in [0.2, 0.25) is 0 Å². The molecule has 0 saturated carbocycles. The smallest absolute Gasteiger partial charge is 0.384 e. The van der Waals surface area contributed by atoms with Crippen molar-refractivity contribution >= 4 is 23.6 Å². The largest absolute Gasteiger partial charge is 0.416 e. The predicted molar refractivity (Wildman–Crippen MR) is 152 cm³/mol. The molecule has 0 aliphatic carbocycles. The van der Waals surface area contributed by atoms with Crippen molar-refractivity contribution < 1.29 is 37.5 Å². The molecule has 2 N–H and O–H groups in total. The third-order valence-corrected chi connectivity index (χ3v) is 10.0. The molecule has 3 fully saturated rings. The van der Waals surface area contributed by atoms with Crippen molar-refractivity contribution in [2.24, 2.45) is 5.41 Å². The molecule has 9 nitrogen and oxygen atoms in total. The molecule has 3 saturated heterocycles. The Morgan fingerprint density at radius 2 is 1.73 bits per heavy atom. The van der Waals surface area contributed by atoms with Crippen molar-refractivity contribution in [1.29, 1.82) is 0 Å². The number of hydrogen-bond donors (Lipinski definition) is 2. The van der Waals surface area contributed by atoms with Crippen LogP contribution in [0, 0.1) is 5.41 Å². The van der Waals surface area contributed by atoms with Gasteiger partial charge in [-0.15, -0.1) is 0 Å². The highest BCUT2D eigenvalue weighted by atomic mass is 19.4. The van der Waals surface area contributed by atoms with Gasteiger partial charge in [-0.05, 0) is 60.6 Å². The lowest BCUT2D eigenvalue weighted by Crippen LogP contribution is -2.61. The minimum absolute atomic E-state index is 0.0367. The molecule has 4 heterocycles. The van der Waals surface area contributed by atoms with Gasteiger partial charge in [0.05, 0.1) is 11.2 Å². The van der Waals surface area contributed by atoms with E-state index in [1.54, 1.807) is 17.0 Å². The first kappa shape index (κ1) is 30.3. The average molecular weight is 613 g/mol. The number of likely N-dealkylation sites (tertiary alicyclic amines) is 2. The zero-order valence-electron chi connectivity index (χ0n) is 24.5. The van der Waals surface area contributed by atoms with Crippen LogP contribution in [0.5, 0.6) is 0 Å². The summed E-state index contributed by atoms with van der Waals surface area (Å²) in [6.07, 6.45) is -2.57. The number of fused-ring (bicyclic) bond motifs is 1. The summed E-state index contributed by atoms with van der Waals surface area (Å²) in [5, 5.41) is 14.9. The highest BCUT2D eigenvalue weighted by Gasteiger charge is 2.56. The number of carbonyl (C=O) groups excluding carboxylic acids is 4. The number of rotatable bonds is 4. The standard InChI is InChI=1S/C32H35F3N4O5/c1-20(40)38-14-10-30(11-15-38)19-37(17-21-2-4-23(5-3-21)32(33,34)35)13-12-31(30,44)24-6-7-25-22(16-24)18-39(29(25)43)26-8-9-27(41)36-28(26)42/h2-7,16,26,44H,8-15,17-19H2,1H3,(H,36,41,42). The van der Waals surface area contributed by atoms with Gasteiger partial charge in [-0.1, -0.05) is 24.3 Å². The summed E-state index contributed by atoms with van der Waals surface area (Å²) in [4.78, 5) is 55.0. The van der Waals surface area contributed by atoms with Crippen molar-refractivity contribution in [3.8, 4) is 0 Å². The summed E-state index contributed by atoms with van der Waals surface area (Å²) in [6.45, 7) is 4.05. The Balaban J connectivity index is 1.26. The molecule has 234 valence electrons. The fraction of sp³-hybridized carbons (Fsp3) is 0.500. The second kappa shape index (κ2) is 11.0. The number of halogens is 3. The van der Waals surface area contributed by atoms with Gasteiger partial charge < -0.3 is 14.9 Å². The normalized spacial score (nSPS) is 25.8. The van der Waals surface area contributed by atoms with Crippen LogP contribution in [0.25, 0.3) is 0 Å². The summed E-state index contributed by atoms with van der Waals surface area (Å²) in [6, 6.07) is 9.72. The Morgan fingerprint density at radius 1 is 1.02 bits per heavy atom. The van der Waals surface area contributed by atoms with E-state index in [9.17, 15) is 37.5 Å². The number of amides is 4. The van der Waals surface area contributed by atoms with Gasteiger partial charge >= 0.3 is 6.18 Å². The van der Waals surface area contributed by atoms with Gasteiger partial charge in [0.1, 0.15) is 6.04 Å². The molecule has 2 aromatic rings. The summed E-state index contributed by atoms with van der Waals surface area (Å²) in [5.41, 5.74) is -0.0652. The molecule has 2 aromatic carbocycles. The molecule has 12 heteroatoms. The zero-order valence-corrected chi connectivity index (χ0v) is 24.5. The first-order valence-corrected chi connectivity index (χ1v) is 14.9. The molecule has 2 unspecified atom stereocenters. The number of piperidine rings is 3. The molecule has 4 aliphatic rings. The zero-order chi connectivity index (χ0) is 31.4. The second-order valence-electron chi connectivity index (χ2n) is 12.6. The molecule has 6 rings (SSSR count). The van der Waals surface area contributed by atoms with Crippen LogP contribution in [0.4, 0.5) is 13.2 Å². The summed E-state index contributed by atoms with van der Waals surface area (Å²) in [7, 11) is 0. The number of hydrogen-bond acceptors (Lipinski definition) is 6. The van der Waals surface area contributed by atoms with Crippen LogP contribution < -0.4 is 5.32 Å². The van der Waals surface area contributed by atoms with Crippen LogP contribution in [0.15, 0.2) is 42.5 Å². The van der Waals surface area contributed by atoms with Gasteiger partial charge in [0.2, 0.25) is 17.7 Å².